The summed E-state index contributed by atoms with van der Waals surface area (Å²) in [5.74, 6) is 1.23. The number of hydrogen-bond donors (Lipinski definition) is 1. The van der Waals surface area contributed by atoms with Crippen LogP contribution >= 0.6 is 0 Å². The molecule has 0 radical (unpaired) electrons. The number of hydrogen-bond acceptors (Lipinski definition) is 2. The average molecular weight is 400 g/mol. The van der Waals surface area contributed by atoms with Crippen molar-refractivity contribution in [3.63, 3.8) is 0 Å². The summed E-state index contributed by atoms with van der Waals surface area (Å²) in [5, 5.41) is 3.12. The molecular weight excluding hydrogens is 358 g/mol. The van der Waals surface area contributed by atoms with E-state index in [1.807, 2.05) is 6.07 Å². The molecule has 0 spiro atoms. The number of rotatable bonds is 15. The summed E-state index contributed by atoms with van der Waals surface area (Å²) in [4.78, 5) is 17.2. The van der Waals surface area contributed by atoms with Crippen molar-refractivity contribution in [3.8, 4) is 0 Å². The molecule has 1 heterocycles. The maximum Gasteiger partial charge on any atom is 0.223 e. The predicted molar refractivity (Wildman–Crippen MR) is 123 cm³/mol. The smallest absolute Gasteiger partial charge is 0.223 e. The van der Waals surface area contributed by atoms with Crippen LogP contribution in [0.1, 0.15) is 97.2 Å². The van der Waals surface area contributed by atoms with Crippen molar-refractivity contribution in [1.29, 1.82) is 0 Å². The van der Waals surface area contributed by atoms with Crippen LogP contribution in [0.25, 0.3) is 11.0 Å². The molecule has 0 fully saturated rings. The van der Waals surface area contributed by atoms with E-state index in [2.05, 4.69) is 48.9 Å². The summed E-state index contributed by atoms with van der Waals surface area (Å²) in [6, 6.07) is 8.31. The SMILES string of the molecule is CCCCCCCCCCCn1c(CNC(=O)C(CC)CC)nc2ccccc21. The summed E-state index contributed by atoms with van der Waals surface area (Å²) >= 11 is 0. The molecule has 1 aromatic carbocycles. The predicted octanol–water partition coefficient (Wildman–Crippen LogP) is 6.62. The maximum atomic E-state index is 12.4. The molecule has 0 bridgehead atoms. The first kappa shape index (κ1) is 23.4. The number of aromatic nitrogens is 2. The Labute approximate surface area is 177 Å². The summed E-state index contributed by atoms with van der Waals surface area (Å²) < 4.78 is 2.31. The number of amides is 1. The highest BCUT2D eigenvalue weighted by Gasteiger charge is 2.16. The molecule has 0 aliphatic carbocycles. The van der Waals surface area contributed by atoms with Crippen LogP contribution in [0, 0.1) is 5.92 Å². The van der Waals surface area contributed by atoms with Gasteiger partial charge in [-0.25, -0.2) is 4.98 Å². The fourth-order valence-corrected chi connectivity index (χ4v) is 4.06. The monoisotopic (exact) mass is 399 g/mol. The molecule has 2 aromatic rings. The lowest BCUT2D eigenvalue weighted by Crippen LogP contribution is -2.30. The molecule has 0 saturated carbocycles. The van der Waals surface area contributed by atoms with Gasteiger partial charge >= 0.3 is 0 Å². The van der Waals surface area contributed by atoms with Crippen molar-refractivity contribution in [2.45, 2.75) is 104 Å². The summed E-state index contributed by atoms with van der Waals surface area (Å²) in [6.45, 7) is 7.92. The standard InChI is InChI=1S/C25H41N3O/c1-4-7-8-9-10-11-12-13-16-19-28-23-18-15-14-17-22(23)27-24(28)20-26-25(29)21(5-2)6-3/h14-15,17-18,21H,4-13,16,19-20H2,1-3H3,(H,26,29). The van der Waals surface area contributed by atoms with Crippen molar-refractivity contribution in [2.75, 3.05) is 0 Å². The highest BCUT2D eigenvalue weighted by atomic mass is 16.1. The van der Waals surface area contributed by atoms with Crippen LogP contribution in [0.2, 0.25) is 0 Å². The van der Waals surface area contributed by atoms with Gasteiger partial charge in [-0.05, 0) is 31.4 Å². The van der Waals surface area contributed by atoms with Crippen LogP contribution in [0.3, 0.4) is 0 Å². The Bertz CT molecular complexity index is 718. The molecule has 4 nitrogen and oxygen atoms in total. The molecule has 0 unspecified atom stereocenters. The van der Waals surface area contributed by atoms with Crippen LogP contribution in [0.5, 0.6) is 0 Å². The van der Waals surface area contributed by atoms with Gasteiger partial charge in [-0.2, -0.15) is 0 Å². The summed E-state index contributed by atoms with van der Waals surface area (Å²) in [6.07, 6.45) is 13.7. The van der Waals surface area contributed by atoms with E-state index in [-0.39, 0.29) is 11.8 Å². The normalized spacial score (nSPS) is 11.4. The van der Waals surface area contributed by atoms with E-state index in [1.54, 1.807) is 0 Å². The topological polar surface area (TPSA) is 46.9 Å². The van der Waals surface area contributed by atoms with Crippen molar-refractivity contribution in [2.24, 2.45) is 5.92 Å². The number of carbonyl (C=O) groups is 1. The number of benzene rings is 1. The number of nitrogens with zero attached hydrogens (tertiary/aromatic N) is 2. The second-order valence-electron chi connectivity index (χ2n) is 8.23. The number of fused-ring (bicyclic) bond motifs is 1. The van der Waals surface area contributed by atoms with E-state index in [4.69, 9.17) is 4.98 Å². The Kier molecular flexibility index (Phi) is 10.8. The van der Waals surface area contributed by atoms with Gasteiger partial charge in [0.15, 0.2) is 0 Å². The second kappa shape index (κ2) is 13.4. The van der Waals surface area contributed by atoms with Crippen molar-refractivity contribution in [1.82, 2.24) is 14.9 Å². The third-order valence-corrected chi connectivity index (χ3v) is 6.00. The van der Waals surface area contributed by atoms with E-state index >= 15 is 0 Å². The minimum atomic E-state index is 0.102. The molecule has 4 heteroatoms. The first-order valence-corrected chi connectivity index (χ1v) is 11.9. The van der Waals surface area contributed by atoms with E-state index in [0.29, 0.717) is 6.54 Å². The fraction of sp³-hybridized carbons (Fsp3) is 0.680. The lowest BCUT2D eigenvalue weighted by atomic mass is 10.0. The van der Waals surface area contributed by atoms with Gasteiger partial charge in [0.05, 0.1) is 17.6 Å². The van der Waals surface area contributed by atoms with E-state index in [9.17, 15) is 4.79 Å². The molecule has 0 aliphatic heterocycles. The van der Waals surface area contributed by atoms with Crippen molar-refractivity contribution < 1.29 is 4.79 Å². The van der Waals surface area contributed by atoms with E-state index in [1.165, 1.54) is 63.3 Å². The average Bonchev–Trinajstić information content (AvgIpc) is 3.09. The molecule has 1 aromatic heterocycles. The van der Waals surface area contributed by atoms with Crippen molar-refractivity contribution in [3.05, 3.63) is 30.1 Å². The third-order valence-electron chi connectivity index (χ3n) is 6.00. The number of unbranched alkanes of at least 4 members (excludes halogenated alkanes) is 8. The maximum absolute atomic E-state index is 12.4. The number of carbonyl (C=O) groups excluding carboxylic acids is 1. The lowest BCUT2D eigenvalue weighted by Gasteiger charge is -2.14. The van der Waals surface area contributed by atoms with Crippen LogP contribution in [0.4, 0.5) is 0 Å². The molecule has 2 rings (SSSR count). The molecule has 0 atom stereocenters. The first-order valence-electron chi connectivity index (χ1n) is 11.9. The molecule has 162 valence electrons. The van der Waals surface area contributed by atoms with Gasteiger partial charge in [-0.1, -0.05) is 84.3 Å². The van der Waals surface area contributed by atoms with E-state index < -0.39 is 0 Å². The second-order valence-corrected chi connectivity index (χ2v) is 8.23. The Balaban J connectivity index is 1.87. The van der Waals surface area contributed by atoms with Crippen LogP contribution < -0.4 is 5.32 Å². The van der Waals surface area contributed by atoms with Gasteiger partial charge in [0.2, 0.25) is 5.91 Å². The number of para-hydroxylation sites is 2. The summed E-state index contributed by atoms with van der Waals surface area (Å²) in [7, 11) is 0. The van der Waals surface area contributed by atoms with Gasteiger partial charge in [-0.15, -0.1) is 0 Å². The van der Waals surface area contributed by atoms with Gasteiger partial charge in [0.1, 0.15) is 5.82 Å². The zero-order chi connectivity index (χ0) is 20.9. The highest BCUT2D eigenvalue weighted by Crippen LogP contribution is 2.18. The Morgan fingerprint density at radius 2 is 1.55 bits per heavy atom. The van der Waals surface area contributed by atoms with Crippen LogP contribution in [-0.4, -0.2) is 15.5 Å². The van der Waals surface area contributed by atoms with Crippen LogP contribution in [0.15, 0.2) is 24.3 Å². The zero-order valence-corrected chi connectivity index (χ0v) is 18.9. The fourth-order valence-electron chi connectivity index (χ4n) is 4.06. The van der Waals surface area contributed by atoms with Gasteiger partial charge < -0.3 is 9.88 Å². The van der Waals surface area contributed by atoms with Gasteiger partial charge in [-0.3, -0.25) is 4.79 Å². The zero-order valence-electron chi connectivity index (χ0n) is 18.9. The van der Waals surface area contributed by atoms with Gasteiger partial charge in [0.25, 0.3) is 0 Å². The van der Waals surface area contributed by atoms with Crippen molar-refractivity contribution >= 4 is 16.9 Å². The molecule has 1 amide bonds. The van der Waals surface area contributed by atoms with E-state index in [0.717, 1.165) is 30.7 Å². The number of imidazole rings is 1. The third kappa shape index (κ3) is 7.49. The molecule has 0 aliphatic rings. The Morgan fingerprint density at radius 3 is 2.21 bits per heavy atom. The molecule has 1 N–H and O–H groups in total. The van der Waals surface area contributed by atoms with Crippen LogP contribution in [-0.2, 0) is 17.9 Å². The summed E-state index contributed by atoms with van der Waals surface area (Å²) in [5.41, 5.74) is 2.20. The first-order chi connectivity index (χ1) is 14.2. The quantitative estimate of drug-likeness (QED) is 0.342. The number of aryl methyl sites for hydroxylation is 1. The minimum Gasteiger partial charge on any atom is -0.349 e. The Morgan fingerprint density at radius 1 is 0.931 bits per heavy atom. The Hall–Kier alpha value is -1.84. The largest absolute Gasteiger partial charge is 0.349 e. The molecule has 29 heavy (non-hydrogen) atoms. The highest BCUT2D eigenvalue weighted by molar-refractivity contribution is 5.79. The molecule has 0 saturated heterocycles. The lowest BCUT2D eigenvalue weighted by molar-refractivity contribution is -0.125. The molecular formula is C25H41N3O. The number of nitrogens with one attached hydrogen (secondary N) is 1. The minimum absolute atomic E-state index is 0.102. The van der Waals surface area contributed by atoms with Gasteiger partial charge in [0, 0.05) is 12.5 Å².